The molecule has 6 rings (SSSR count). The zero-order valence-electron chi connectivity index (χ0n) is 42.4. The monoisotopic (exact) mass is 1040 g/mol. The number of amides is 3. The molecule has 0 bridgehead atoms. The second-order valence-corrected chi connectivity index (χ2v) is 18.0. The van der Waals surface area contributed by atoms with Gasteiger partial charge in [0, 0.05) is 48.7 Å². The van der Waals surface area contributed by atoms with Crippen LogP contribution in [0.3, 0.4) is 0 Å². The van der Waals surface area contributed by atoms with Gasteiger partial charge in [-0.2, -0.15) is 0 Å². The van der Waals surface area contributed by atoms with Gasteiger partial charge in [-0.3, -0.25) is 28.8 Å². The number of hydrogen-bond acceptors (Lipinski definition) is 19. The number of aliphatic hydroxyl groups excluding tert-OH is 1. The van der Waals surface area contributed by atoms with Crippen molar-refractivity contribution in [1.82, 2.24) is 16.0 Å². The molecule has 0 unspecified atom stereocenters. The molecule has 4 N–H and O–H groups in total. The fourth-order valence-corrected chi connectivity index (χ4v) is 9.05. The molecule has 0 aliphatic carbocycles. The van der Waals surface area contributed by atoms with Crippen LogP contribution in [0.4, 0.5) is 0 Å². The van der Waals surface area contributed by atoms with Crippen LogP contribution >= 0.6 is 0 Å². The van der Waals surface area contributed by atoms with Gasteiger partial charge in [-0.05, 0) is 16.7 Å². The van der Waals surface area contributed by atoms with Crippen LogP contribution in [0.2, 0.25) is 0 Å². The minimum Gasteiger partial charge on any atom is -0.457 e. The zero-order chi connectivity index (χ0) is 53.3. The van der Waals surface area contributed by atoms with E-state index in [1.165, 1.54) is 34.8 Å². The van der Waals surface area contributed by atoms with Gasteiger partial charge in [0.1, 0.15) is 54.7 Å². The maximum Gasteiger partial charge on any atom is 0.303 e. The number of esters is 3. The second kappa shape index (κ2) is 28.1. The summed E-state index contributed by atoms with van der Waals surface area (Å²) in [7, 11) is 1.38. The lowest BCUT2D eigenvalue weighted by Gasteiger charge is -2.51. The third kappa shape index (κ3) is 16.5. The van der Waals surface area contributed by atoms with Crippen molar-refractivity contribution >= 4 is 35.6 Å². The van der Waals surface area contributed by atoms with Crippen LogP contribution < -0.4 is 16.0 Å². The molecule has 3 aromatic rings. The topological polar surface area (TPSA) is 269 Å². The molecule has 3 heterocycles. The van der Waals surface area contributed by atoms with Gasteiger partial charge in [0.15, 0.2) is 37.2 Å². The van der Waals surface area contributed by atoms with Crippen LogP contribution in [0, 0.1) is 0 Å². The number of carbonyl (C=O) groups excluding carboxylic acids is 6. The van der Waals surface area contributed by atoms with E-state index < -0.39 is 128 Å². The lowest BCUT2D eigenvalue weighted by molar-refractivity contribution is -0.354. The van der Waals surface area contributed by atoms with E-state index in [-0.39, 0.29) is 39.6 Å². The zero-order valence-corrected chi connectivity index (χ0v) is 42.4. The summed E-state index contributed by atoms with van der Waals surface area (Å²) in [4.78, 5) is 77.9. The van der Waals surface area contributed by atoms with Gasteiger partial charge < -0.3 is 77.9 Å². The largest absolute Gasteiger partial charge is 0.457 e. The Bertz CT molecular complexity index is 2280. The maximum absolute atomic E-state index is 13.3. The predicted octanol–water partition coefficient (Wildman–Crippen LogP) is 1.90. The van der Waals surface area contributed by atoms with E-state index in [4.69, 9.17) is 56.8 Å². The first kappa shape index (κ1) is 57.4. The van der Waals surface area contributed by atoms with Gasteiger partial charge in [0.05, 0.1) is 39.6 Å². The quantitative estimate of drug-likeness (QED) is 0.0780. The van der Waals surface area contributed by atoms with E-state index in [1.807, 2.05) is 91.0 Å². The van der Waals surface area contributed by atoms with Gasteiger partial charge >= 0.3 is 17.9 Å². The van der Waals surface area contributed by atoms with Crippen molar-refractivity contribution in [3.05, 3.63) is 108 Å². The van der Waals surface area contributed by atoms with Gasteiger partial charge in [-0.1, -0.05) is 91.0 Å². The number of hydrogen-bond donors (Lipinski definition) is 4. The van der Waals surface area contributed by atoms with E-state index in [1.54, 1.807) is 0 Å². The van der Waals surface area contributed by atoms with Gasteiger partial charge in [-0.15, -0.1) is 0 Å². The molecule has 404 valence electrons. The van der Waals surface area contributed by atoms with Crippen LogP contribution in [-0.2, 0) is 105 Å². The van der Waals surface area contributed by atoms with Crippen molar-refractivity contribution < 1.29 is 90.7 Å². The molecule has 0 aromatic heterocycles. The SMILES string of the molecule is CO[C@@H]1[C@H](OC(C)=O)[C@@H](NC(C)=O)[C@@H](O[C@@H]2[C@H](OC(C)=O)[C@@H](NC(C)=O)[C@@H](O[C@@H]3[C@H](OC(C)=O)[C@@H](NC(C)=O)[C@@H](O)O[C@@H]3COCc3ccccc3)O[C@@H]2COCc2ccccc2)O[C@@H]1COCc1ccccc1. The normalized spacial score (nSPS) is 29.8. The van der Waals surface area contributed by atoms with Gasteiger partial charge in [0.2, 0.25) is 17.7 Å². The first-order valence-electron chi connectivity index (χ1n) is 24.2. The van der Waals surface area contributed by atoms with Crippen molar-refractivity contribution in [1.29, 1.82) is 0 Å². The number of ether oxygens (including phenoxy) is 12. The third-order valence-electron chi connectivity index (χ3n) is 12.0. The molecular weight excluding hydrogens is 971 g/mol. The Morgan fingerprint density at radius 3 is 1.09 bits per heavy atom. The molecule has 3 amide bonds. The van der Waals surface area contributed by atoms with Crippen molar-refractivity contribution in [2.24, 2.45) is 0 Å². The van der Waals surface area contributed by atoms with Crippen LogP contribution in [0.1, 0.15) is 58.2 Å². The van der Waals surface area contributed by atoms with E-state index >= 15 is 0 Å². The summed E-state index contributed by atoms with van der Waals surface area (Å²) in [5, 5.41) is 19.5. The first-order valence-corrected chi connectivity index (χ1v) is 24.2. The fraction of sp³-hybridized carbons (Fsp3) is 0.538. The van der Waals surface area contributed by atoms with E-state index in [0.29, 0.717) is 0 Å². The molecule has 3 aliphatic heterocycles. The lowest BCUT2D eigenvalue weighted by Crippen LogP contribution is -2.72. The van der Waals surface area contributed by atoms with Crippen molar-refractivity contribution in [2.45, 2.75) is 153 Å². The number of carbonyl (C=O) groups is 6. The molecule has 3 aromatic carbocycles. The number of nitrogens with one attached hydrogen (secondary N) is 3. The van der Waals surface area contributed by atoms with Crippen LogP contribution in [0.5, 0.6) is 0 Å². The average Bonchev–Trinajstić information content (AvgIpc) is 3.34. The molecule has 22 heteroatoms. The highest BCUT2D eigenvalue weighted by Gasteiger charge is 2.57. The van der Waals surface area contributed by atoms with E-state index in [0.717, 1.165) is 30.5 Å². The van der Waals surface area contributed by atoms with E-state index in [2.05, 4.69) is 16.0 Å². The molecular formula is C52H67N3O19. The molecule has 74 heavy (non-hydrogen) atoms. The number of aliphatic hydroxyl groups is 1. The highest BCUT2D eigenvalue weighted by atomic mass is 16.8. The van der Waals surface area contributed by atoms with E-state index in [9.17, 15) is 33.9 Å². The summed E-state index contributed by atoms with van der Waals surface area (Å²) in [6.07, 6.45) is -16.8. The molecule has 0 spiro atoms. The summed E-state index contributed by atoms with van der Waals surface area (Å²) in [5.41, 5.74) is 2.43. The lowest BCUT2D eigenvalue weighted by atomic mass is 9.93. The third-order valence-corrected chi connectivity index (χ3v) is 12.0. The van der Waals surface area contributed by atoms with Crippen molar-refractivity contribution in [2.75, 3.05) is 26.9 Å². The summed E-state index contributed by atoms with van der Waals surface area (Å²) < 4.78 is 75.1. The van der Waals surface area contributed by atoms with Crippen molar-refractivity contribution in [3.8, 4) is 0 Å². The highest BCUT2D eigenvalue weighted by Crippen LogP contribution is 2.36. The fourth-order valence-electron chi connectivity index (χ4n) is 9.05. The van der Waals surface area contributed by atoms with Gasteiger partial charge in [-0.25, -0.2) is 0 Å². The Labute approximate surface area is 429 Å². The highest BCUT2D eigenvalue weighted by molar-refractivity contribution is 5.74. The van der Waals surface area contributed by atoms with Crippen LogP contribution in [-0.4, -0.2) is 160 Å². The first-order chi connectivity index (χ1) is 35.5. The number of benzene rings is 3. The Morgan fingerprint density at radius 1 is 0.446 bits per heavy atom. The second-order valence-electron chi connectivity index (χ2n) is 18.0. The Hall–Kier alpha value is -5.92. The summed E-state index contributed by atoms with van der Waals surface area (Å²) in [6.45, 7) is 6.68. The summed E-state index contributed by atoms with van der Waals surface area (Å²) in [5.74, 6) is -4.19. The van der Waals surface area contributed by atoms with Crippen LogP contribution in [0.15, 0.2) is 91.0 Å². The molecule has 0 saturated carbocycles. The number of methoxy groups -OCH3 is 1. The van der Waals surface area contributed by atoms with Crippen LogP contribution in [0.25, 0.3) is 0 Å². The minimum atomic E-state index is -1.74. The standard InChI is InChI=1S/C52H67N3O19/c1-29(56)53-41-47(67-32(4)59)45(39(70-50(41)62)27-65-24-36-19-13-9-14-20-36)73-52-43(55-31(3)58)49(69-34(6)61)46(40(72-52)28-66-25-37-21-15-10-16-22-37)74-51-42(54-30(2)57)48(68-33(5)60)44(63-7)38(71-51)26-64-23-35-17-11-8-12-18-35/h8-22,38-52,62H,23-28H2,1-7H3,(H,53,56)(H,54,57)(H,55,58)/t38-,39-,40-,41-,42-,43-,44+,45+,46+,47-,48-,49-,50+,51-,52-/m1/s1. The maximum atomic E-state index is 13.3. The predicted molar refractivity (Wildman–Crippen MR) is 257 cm³/mol. The number of rotatable bonds is 23. The molecule has 3 aliphatic rings. The minimum absolute atomic E-state index is 0.0493. The smallest absolute Gasteiger partial charge is 0.303 e. The average molecular weight is 1040 g/mol. The molecule has 3 fully saturated rings. The molecule has 15 atom stereocenters. The summed E-state index contributed by atoms with van der Waals surface area (Å²) in [6, 6.07) is 23.5. The van der Waals surface area contributed by atoms with Crippen molar-refractivity contribution in [3.63, 3.8) is 0 Å². The van der Waals surface area contributed by atoms with Gasteiger partial charge in [0.25, 0.3) is 0 Å². The summed E-state index contributed by atoms with van der Waals surface area (Å²) >= 11 is 0. The Balaban J connectivity index is 1.42. The molecule has 22 nitrogen and oxygen atoms in total. The molecule has 0 radical (unpaired) electrons. The Kier molecular flexibility index (Phi) is 21.8. The Morgan fingerprint density at radius 2 is 0.757 bits per heavy atom. The molecule has 3 saturated heterocycles.